The molecule has 0 aliphatic carbocycles. The Balaban J connectivity index is 2.72. The van der Waals surface area contributed by atoms with Gasteiger partial charge in [0.05, 0.1) is 0 Å². The van der Waals surface area contributed by atoms with Crippen molar-refractivity contribution in [3.05, 3.63) is 0 Å². The van der Waals surface area contributed by atoms with Crippen molar-refractivity contribution in [2.24, 2.45) is 0 Å². The van der Waals surface area contributed by atoms with E-state index in [9.17, 15) is 0 Å². The van der Waals surface area contributed by atoms with Crippen molar-refractivity contribution in [3.8, 4) is 0 Å². The van der Waals surface area contributed by atoms with Crippen LogP contribution in [-0.4, -0.2) is 22.3 Å². The minimum Gasteiger partial charge on any atom is -0.427 e. The predicted molar refractivity (Wildman–Crippen MR) is 40.3 cm³/mol. The molecule has 1 nitrogen and oxygen atoms in total. The van der Waals surface area contributed by atoms with E-state index >= 15 is 0 Å². The second-order valence-electron chi connectivity index (χ2n) is 1.92. The van der Waals surface area contributed by atoms with Crippen LogP contribution >= 0.6 is 11.6 Å². The average molecular weight is 153 g/mol. The summed E-state index contributed by atoms with van der Waals surface area (Å²) in [5.41, 5.74) is 0. The summed E-state index contributed by atoms with van der Waals surface area (Å²) in [6.07, 6.45) is 1.11. The minimum absolute atomic E-state index is 0.206. The third kappa shape index (κ3) is 6.47. The number of hydrogen-bond acceptors (Lipinski definition) is 1. The van der Waals surface area contributed by atoms with Gasteiger partial charge in [-0.1, -0.05) is 0 Å². The Morgan fingerprint density at radius 1 is 1.75 bits per heavy atom. The standard InChI is InChI=1S/C5H13ClOSi/c1-5(6)3-4-8-7-2/h5H,3-4,8H2,1-2H3. The third-order valence-corrected chi connectivity index (χ3v) is 2.27. The van der Waals surface area contributed by atoms with Gasteiger partial charge in [0.15, 0.2) is 9.76 Å². The van der Waals surface area contributed by atoms with Crippen LogP contribution in [0.1, 0.15) is 13.3 Å². The molecule has 0 amide bonds. The molecule has 0 N–H and O–H groups in total. The van der Waals surface area contributed by atoms with Gasteiger partial charge in [0, 0.05) is 12.5 Å². The van der Waals surface area contributed by atoms with Crippen molar-refractivity contribution in [1.29, 1.82) is 0 Å². The van der Waals surface area contributed by atoms with Gasteiger partial charge in [-0.2, -0.15) is 0 Å². The Morgan fingerprint density at radius 3 is 2.75 bits per heavy atom. The first-order valence-electron chi connectivity index (χ1n) is 2.90. The maximum absolute atomic E-state index is 5.68. The molecule has 8 heavy (non-hydrogen) atoms. The molecule has 0 aromatic heterocycles. The van der Waals surface area contributed by atoms with Crippen molar-refractivity contribution in [2.45, 2.75) is 24.8 Å². The minimum atomic E-state index is -0.206. The van der Waals surface area contributed by atoms with Gasteiger partial charge in [-0.05, 0) is 19.4 Å². The van der Waals surface area contributed by atoms with E-state index in [1.54, 1.807) is 7.11 Å². The van der Waals surface area contributed by atoms with E-state index in [-0.39, 0.29) is 9.76 Å². The zero-order valence-corrected chi connectivity index (χ0v) is 7.66. The van der Waals surface area contributed by atoms with Gasteiger partial charge >= 0.3 is 0 Å². The van der Waals surface area contributed by atoms with Crippen LogP contribution < -0.4 is 0 Å². The topological polar surface area (TPSA) is 9.23 Å². The van der Waals surface area contributed by atoms with Crippen molar-refractivity contribution >= 4 is 21.4 Å². The zero-order valence-electron chi connectivity index (χ0n) is 5.48. The van der Waals surface area contributed by atoms with Gasteiger partial charge in [0.25, 0.3) is 0 Å². The van der Waals surface area contributed by atoms with Crippen molar-refractivity contribution in [3.63, 3.8) is 0 Å². The van der Waals surface area contributed by atoms with E-state index in [4.69, 9.17) is 16.0 Å². The van der Waals surface area contributed by atoms with Gasteiger partial charge in [0.1, 0.15) is 0 Å². The van der Waals surface area contributed by atoms with Crippen molar-refractivity contribution < 1.29 is 4.43 Å². The summed E-state index contributed by atoms with van der Waals surface area (Å²) in [4.78, 5) is 0. The Bertz CT molecular complexity index is 49.7. The number of rotatable bonds is 4. The third-order valence-electron chi connectivity index (χ3n) is 0.950. The van der Waals surface area contributed by atoms with Crippen LogP contribution in [0.25, 0.3) is 0 Å². The van der Waals surface area contributed by atoms with E-state index < -0.39 is 0 Å². The molecule has 0 bridgehead atoms. The fraction of sp³-hybridized carbons (Fsp3) is 1.00. The van der Waals surface area contributed by atoms with Crippen LogP contribution in [-0.2, 0) is 4.43 Å². The van der Waals surface area contributed by atoms with Crippen LogP contribution in [0.4, 0.5) is 0 Å². The molecule has 0 saturated heterocycles. The lowest BCUT2D eigenvalue weighted by Gasteiger charge is -1.98. The highest BCUT2D eigenvalue weighted by Gasteiger charge is 1.93. The van der Waals surface area contributed by atoms with Crippen LogP contribution in [0, 0.1) is 0 Å². The van der Waals surface area contributed by atoms with Crippen LogP contribution in [0.3, 0.4) is 0 Å². The van der Waals surface area contributed by atoms with Gasteiger partial charge in [-0.3, -0.25) is 0 Å². The van der Waals surface area contributed by atoms with E-state index in [1.807, 2.05) is 6.92 Å². The molecule has 0 aliphatic rings. The fourth-order valence-electron chi connectivity index (χ4n) is 0.509. The maximum Gasteiger partial charge on any atom is 0.161 e. The molecule has 0 radical (unpaired) electrons. The first kappa shape index (κ1) is 8.47. The Labute approximate surface area is 58.3 Å². The first-order chi connectivity index (χ1) is 3.77. The molecule has 1 atom stereocenters. The molecule has 0 aromatic rings. The molecule has 3 heteroatoms. The molecular weight excluding hydrogens is 140 g/mol. The smallest absolute Gasteiger partial charge is 0.161 e. The molecule has 0 rings (SSSR count). The molecule has 0 spiro atoms. The second-order valence-corrected chi connectivity index (χ2v) is 4.35. The van der Waals surface area contributed by atoms with Crippen LogP contribution in [0.2, 0.25) is 6.04 Å². The van der Waals surface area contributed by atoms with E-state index in [0.717, 1.165) is 6.42 Å². The molecule has 0 saturated carbocycles. The molecule has 0 fully saturated rings. The zero-order chi connectivity index (χ0) is 6.41. The summed E-state index contributed by atoms with van der Waals surface area (Å²) in [7, 11) is 1.56. The monoisotopic (exact) mass is 152 g/mol. The quantitative estimate of drug-likeness (QED) is 0.334. The summed E-state index contributed by atoms with van der Waals surface area (Å²) in [6.45, 7) is 2.02. The largest absolute Gasteiger partial charge is 0.427 e. The van der Waals surface area contributed by atoms with Crippen molar-refractivity contribution in [1.82, 2.24) is 0 Å². The van der Waals surface area contributed by atoms with E-state index in [0.29, 0.717) is 5.38 Å². The average Bonchev–Trinajstić information content (AvgIpc) is 1.66. The predicted octanol–water partition coefficient (Wildman–Crippen LogP) is 1.15. The summed E-state index contributed by atoms with van der Waals surface area (Å²) < 4.78 is 4.97. The van der Waals surface area contributed by atoms with E-state index in [2.05, 4.69) is 0 Å². The van der Waals surface area contributed by atoms with E-state index in [1.165, 1.54) is 6.04 Å². The number of hydrogen-bond donors (Lipinski definition) is 0. The molecule has 1 unspecified atom stereocenters. The SMILES string of the molecule is CO[SiH2]CCC(C)Cl. The lowest BCUT2D eigenvalue weighted by molar-refractivity contribution is 0.439. The Hall–Kier alpha value is 0.467. The molecular formula is C5H13ClOSi. The van der Waals surface area contributed by atoms with Crippen LogP contribution in [0.15, 0.2) is 0 Å². The molecule has 50 valence electrons. The summed E-state index contributed by atoms with van der Waals surface area (Å²) in [5.74, 6) is 0. The summed E-state index contributed by atoms with van der Waals surface area (Å²) >= 11 is 5.68. The Morgan fingerprint density at radius 2 is 2.38 bits per heavy atom. The second kappa shape index (κ2) is 5.60. The highest BCUT2D eigenvalue weighted by atomic mass is 35.5. The number of halogens is 1. The number of alkyl halides is 1. The van der Waals surface area contributed by atoms with Gasteiger partial charge in [0.2, 0.25) is 0 Å². The van der Waals surface area contributed by atoms with Gasteiger partial charge < -0.3 is 4.43 Å². The summed E-state index contributed by atoms with van der Waals surface area (Å²) in [6, 6.07) is 1.21. The first-order valence-corrected chi connectivity index (χ1v) is 4.91. The highest BCUT2D eigenvalue weighted by Crippen LogP contribution is 2.02. The van der Waals surface area contributed by atoms with Crippen LogP contribution in [0.5, 0.6) is 0 Å². The van der Waals surface area contributed by atoms with Gasteiger partial charge in [-0.25, -0.2) is 0 Å². The maximum atomic E-state index is 5.68. The highest BCUT2D eigenvalue weighted by molar-refractivity contribution is 6.27. The molecule has 0 aromatic carbocycles. The summed E-state index contributed by atoms with van der Waals surface area (Å²) in [5, 5.41) is 0.331. The Kier molecular flexibility index (Phi) is 5.93. The normalized spacial score (nSPS) is 15.4. The lowest BCUT2D eigenvalue weighted by atomic mass is 10.4. The lowest BCUT2D eigenvalue weighted by Crippen LogP contribution is -1.97. The fourth-order valence-corrected chi connectivity index (χ4v) is 1.99. The molecule has 0 aliphatic heterocycles. The van der Waals surface area contributed by atoms with Gasteiger partial charge in [-0.15, -0.1) is 11.6 Å². The molecule has 0 heterocycles. The van der Waals surface area contributed by atoms with Crippen molar-refractivity contribution in [2.75, 3.05) is 7.11 Å².